The lowest BCUT2D eigenvalue weighted by Crippen LogP contribution is -2.35. The van der Waals surface area contributed by atoms with Crippen LogP contribution in [0.25, 0.3) is 27.8 Å². The lowest BCUT2D eigenvalue weighted by Gasteiger charge is -2.29. The zero-order valence-corrected chi connectivity index (χ0v) is 19.6. The fourth-order valence-corrected chi connectivity index (χ4v) is 5.43. The van der Waals surface area contributed by atoms with Crippen molar-refractivity contribution in [1.82, 2.24) is 19.7 Å². The van der Waals surface area contributed by atoms with E-state index < -0.39 is 28.6 Å². The Morgan fingerprint density at radius 3 is 2.74 bits per heavy atom. The van der Waals surface area contributed by atoms with Crippen molar-refractivity contribution in [1.29, 1.82) is 0 Å². The van der Waals surface area contributed by atoms with Crippen molar-refractivity contribution in [2.75, 3.05) is 13.7 Å². The van der Waals surface area contributed by atoms with Crippen LogP contribution in [0.4, 0.5) is 8.78 Å². The molecule has 1 fully saturated rings. The number of nitrogens with one attached hydrogen (secondary N) is 1. The van der Waals surface area contributed by atoms with E-state index in [-0.39, 0.29) is 18.8 Å². The lowest BCUT2D eigenvalue weighted by atomic mass is 9.82. The zero-order valence-electron chi connectivity index (χ0n) is 19.6. The van der Waals surface area contributed by atoms with Gasteiger partial charge in [0.05, 0.1) is 23.8 Å². The summed E-state index contributed by atoms with van der Waals surface area (Å²) in [5.74, 6) is -3.53. The second kappa shape index (κ2) is 8.10. The van der Waals surface area contributed by atoms with E-state index in [4.69, 9.17) is 9.72 Å². The van der Waals surface area contributed by atoms with E-state index in [0.717, 1.165) is 28.8 Å². The number of aliphatic hydroxyl groups is 1. The number of carboxylic acid groups (broad SMARTS) is 1. The molecule has 1 unspecified atom stereocenters. The number of halogens is 2. The number of carbonyl (C=O) groups is 1. The van der Waals surface area contributed by atoms with Crippen molar-refractivity contribution in [3.8, 4) is 5.69 Å². The molecule has 0 bridgehead atoms. The van der Waals surface area contributed by atoms with Gasteiger partial charge < -0.3 is 19.5 Å². The molecule has 8 nitrogen and oxygen atoms in total. The van der Waals surface area contributed by atoms with E-state index in [1.54, 1.807) is 13.3 Å². The van der Waals surface area contributed by atoms with Crippen molar-refractivity contribution in [3.63, 3.8) is 0 Å². The highest BCUT2D eigenvalue weighted by atomic mass is 19.2. The molecular weight excluding hydrogens is 458 g/mol. The monoisotopic (exact) mass is 484 g/mol. The van der Waals surface area contributed by atoms with Crippen LogP contribution in [0.3, 0.4) is 0 Å². The molecule has 2 atom stereocenters. The number of methoxy groups -OCH3 is 1. The molecule has 0 amide bonds. The van der Waals surface area contributed by atoms with Crippen LogP contribution in [0.2, 0.25) is 0 Å². The van der Waals surface area contributed by atoms with Crippen LogP contribution in [-0.4, -0.2) is 55.2 Å². The Morgan fingerprint density at radius 1 is 1.31 bits per heavy atom. The largest absolute Gasteiger partial charge is 0.479 e. The number of aromatic amines is 1. The predicted molar refractivity (Wildman–Crippen MR) is 125 cm³/mol. The summed E-state index contributed by atoms with van der Waals surface area (Å²) in [5, 5.41) is 28.0. The summed E-state index contributed by atoms with van der Waals surface area (Å²) in [7, 11) is 1.58. The third kappa shape index (κ3) is 3.68. The van der Waals surface area contributed by atoms with Gasteiger partial charge in [0.1, 0.15) is 0 Å². The van der Waals surface area contributed by atoms with E-state index in [1.165, 1.54) is 6.07 Å². The standard InChI is InChI=1S/C25H26F2N4O4/c1-24(2,12-35-3)21-19(13-6-7-25(34,10-13)23(32)33)20-18(8-14-11-28-30-22(14)29-20)31(21)15-4-5-16(26)17(27)9-15/h4-5,8-9,11,13,34H,6-7,10,12H2,1-3H3,(H,32,33)(H,28,29,30)/t13?,25-/m0/s1. The number of aromatic nitrogens is 4. The summed E-state index contributed by atoms with van der Waals surface area (Å²) in [4.78, 5) is 16.6. The third-order valence-corrected chi connectivity index (χ3v) is 6.99. The molecule has 0 saturated heterocycles. The maximum Gasteiger partial charge on any atom is 0.335 e. The molecule has 1 aromatic carbocycles. The second-order valence-electron chi connectivity index (χ2n) is 9.95. The molecule has 3 heterocycles. The van der Waals surface area contributed by atoms with Crippen molar-refractivity contribution >= 4 is 28.0 Å². The molecule has 1 aliphatic rings. The molecule has 5 rings (SSSR count). The molecule has 184 valence electrons. The first kappa shape index (κ1) is 23.4. The van der Waals surface area contributed by atoms with Gasteiger partial charge in [-0.2, -0.15) is 5.10 Å². The quantitative estimate of drug-likeness (QED) is 0.378. The van der Waals surface area contributed by atoms with Crippen LogP contribution in [0.5, 0.6) is 0 Å². The molecule has 3 aromatic heterocycles. The van der Waals surface area contributed by atoms with Crippen molar-refractivity contribution in [3.05, 3.63) is 53.4 Å². The molecule has 1 saturated carbocycles. The van der Waals surface area contributed by atoms with Gasteiger partial charge in [0, 0.05) is 40.9 Å². The van der Waals surface area contributed by atoms with E-state index in [9.17, 15) is 23.8 Å². The Morgan fingerprint density at radius 2 is 2.09 bits per heavy atom. The Labute approximate surface area is 199 Å². The summed E-state index contributed by atoms with van der Waals surface area (Å²) in [6.45, 7) is 4.24. The fourth-order valence-electron chi connectivity index (χ4n) is 5.43. The van der Waals surface area contributed by atoms with Gasteiger partial charge in [0.15, 0.2) is 22.9 Å². The minimum Gasteiger partial charge on any atom is -0.479 e. The van der Waals surface area contributed by atoms with Gasteiger partial charge in [-0.3, -0.25) is 5.10 Å². The Kier molecular flexibility index (Phi) is 5.41. The van der Waals surface area contributed by atoms with Crippen molar-refractivity contribution < 1.29 is 28.5 Å². The van der Waals surface area contributed by atoms with Gasteiger partial charge in [-0.25, -0.2) is 18.6 Å². The van der Waals surface area contributed by atoms with Gasteiger partial charge >= 0.3 is 5.97 Å². The molecule has 3 N–H and O–H groups in total. The number of pyridine rings is 1. The second-order valence-corrected chi connectivity index (χ2v) is 9.95. The number of ether oxygens (including phenoxy) is 1. The van der Waals surface area contributed by atoms with Crippen molar-refractivity contribution in [2.45, 2.75) is 50.0 Å². The molecule has 0 aliphatic heterocycles. The summed E-state index contributed by atoms with van der Waals surface area (Å²) in [5.41, 5.74) is 1.20. The Balaban J connectivity index is 1.88. The van der Waals surface area contributed by atoms with Crippen molar-refractivity contribution in [2.24, 2.45) is 0 Å². The Hall–Kier alpha value is -3.37. The van der Waals surface area contributed by atoms with Crippen LogP contribution in [0.1, 0.15) is 50.3 Å². The summed E-state index contributed by atoms with van der Waals surface area (Å²) in [6.07, 6.45) is 2.17. The number of nitrogens with zero attached hydrogens (tertiary/aromatic N) is 3. The third-order valence-electron chi connectivity index (χ3n) is 6.99. The Bertz CT molecular complexity index is 1460. The molecule has 0 spiro atoms. The minimum atomic E-state index is -1.85. The van der Waals surface area contributed by atoms with Gasteiger partial charge in [0.25, 0.3) is 0 Å². The van der Waals surface area contributed by atoms with E-state index >= 15 is 0 Å². The fraction of sp³-hybridized carbons (Fsp3) is 0.400. The summed E-state index contributed by atoms with van der Waals surface area (Å²) < 4.78 is 35.6. The smallest absolute Gasteiger partial charge is 0.335 e. The molecule has 10 heteroatoms. The molecule has 0 radical (unpaired) electrons. The highest BCUT2D eigenvalue weighted by molar-refractivity contribution is 5.94. The van der Waals surface area contributed by atoms with E-state index in [0.29, 0.717) is 35.4 Å². The number of hydrogen-bond donors (Lipinski definition) is 3. The van der Waals surface area contributed by atoms with E-state index in [1.807, 2.05) is 24.5 Å². The SMILES string of the molecule is COCC(C)(C)c1c(C2CC[C@@](O)(C(=O)O)C2)c2nc3[nH]ncc3cc2n1-c1ccc(F)c(F)c1. The highest BCUT2D eigenvalue weighted by Gasteiger charge is 2.47. The number of benzene rings is 1. The van der Waals surface area contributed by atoms with Crippen LogP contribution in [0.15, 0.2) is 30.5 Å². The number of rotatable bonds is 6. The minimum absolute atomic E-state index is 0.0119. The molecule has 1 aliphatic carbocycles. The summed E-state index contributed by atoms with van der Waals surface area (Å²) in [6, 6.07) is 5.57. The first-order valence-corrected chi connectivity index (χ1v) is 11.3. The number of H-pyrrole nitrogens is 1. The average molecular weight is 485 g/mol. The van der Waals surface area contributed by atoms with Crippen LogP contribution >= 0.6 is 0 Å². The number of hydrogen-bond acceptors (Lipinski definition) is 5. The molecular formula is C25H26F2N4O4. The predicted octanol–water partition coefficient (Wildman–Crippen LogP) is 4.19. The average Bonchev–Trinajstić information content (AvgIpc) is 3.50. The highest BCUT2D eigenvalue weighted by Crippen LogP contribution is 2.48. The first-order valence-electron chi connectivity index (χ1n) is 11.3. The van der Waals surface area contributed by atoms with Crippen LogP contribution in [0, 0.1) is 11.6 Å². The maximum absolute atomic E-state index is 14.4. The summed E-state index contributed by atoms with van der Waals surface area (Å²) >= 11 is 0. The molecule has 4 aromatic rings. The van der Waals surface area contributed by atoms with Crippen LogP contribution < -0.4 is 0 Å². The number of fused-ring (bicyclic) bond motifs is 2. The van der Waals surface area contributed by atoms with Crippen LogP contribution in [-0.2, 0) is 14.9 Å². The number of aliphatic carboxylic acids is 1. The van der Waals surface area contributed by atoms with E-state index in [2.05, 4.69) is 10.2 Å². The zero-order chi connectivity index (χ0) is 25.1. The maximum atomic E-state index is 14.4. The topological polar surface area (TPSA) is 113 Å². The van der Waals surface area contributed by atoms with Gasteiger partial charge in [-0.15, -0.1) is 0 Å². The number of carboxylic acids is 1. The molecule has 35 heavy (non-hydrogen) atoms. The first-order chi connectivity index (χ1) is 16.6. The van der Waals surface area contributed by atoms with Gasteiger partial charge in [0.2, 0.25) is 0 Å². The van der Waals surface area contributed by atoms with Gasteiger partial charge in [-0.1, -0.05) is 13.8 Å². The normalized spacial score (nSPS) is 20.8. The van der Waals surface area contributed by atoms with Gasteiger partial charge in [-0.05, 0) is 43.4 Å². The lowest BCUT2D eigenvalue weighted by molar-refractivity contribution is -0.157.